The zero-order chi connectivity index (χ0) is 16.9. The highest BCUT2D eigenvalue weighted by Crippen LogP contribution is 2.55. The average Bonchev–Trinajstić information content (AvgIpc) is 2.61. The van der Waals surface area contributed by atoms with Gasteiger partial charge in [0, 0.05) is 24.5 Å². The predicted molar refractivity (Wildman–Crippen MR) is 99.4 cm³/mol. The first-order chi connectivity index (χ1) is 12.2. The summed E-state index contributed by atoms with van der Waals surface area (Å²) < 4.78 is 0. The molecular formula is C22H30N2O. The maximum absolute atomic E-state index is 13.1. The smallest absolute Gasteiger partial charge is 0.317 e. The van der Waals surface area contributed by atoms with Crippen molar-refractivity contribution in [1.82, 2.24) is 10.2 Å². The Balaban J connectivity index is 1.27. The second kappa shape index (κ2) is 6.03. The van der Waals surface area contributed by atoms with E-state index in [4.69, 9.17) is 0 Å². The number of rotatable bonds is 2. The monoisotopic (exact) mass is 338 g/mol. The maximum atomic E-state index is 13.1. The van der Waals surface area contributed by atoms with Crippen molar-refractivity contribution in [2.24, 2.45) is 17.8 Å². The van der Waals surface area contributed by atoms with Gasteiger partial charge in [0.05, 0.1) is 0 Å². The molecule has 1 N–H and O–H groups in total. The number of amides is 2. The first-order valence-corrected chi connectivity index (χ1v) is 10.3. The highest BCUT2D eigenvalue weighted by atomic mass is 16.2. The van der Waals surface area contributed by atoms with Gasteiger partial charge < -0.3 is 10.2 Å². The molecule has 1 aromatic rings. The summed E-state index contributed by atoms with van der Waals surface area (Å²) in [5, 5.41) is 3.55. The Labute approximate surface area is 151 Å². The Bertz CT molecular complexity index is 605. The molecule has 4 bridgehead atoms. The van der Waals surface area contributed by atoms with E-state index in [1.807, 2.05) is 0 Å². The van der Waals surface area contributed by atoms with E-state index in [0.29, 0.717) is 5.92 Å². The molecule has 0 radical (unpaired) electrons. The van der Waals surface area contributed by atoms with Crippen LogP contribution in [0.25, 0.3) is 0 Å². The molecule has 6 rings (SSSR count). The topological polar surface area (TPSA) is 32.3 Å². The lowest BCUT2D eigenvalue weighted by molar-refractivity contribution is -0.0160. The van der Waals surface area contributed by atoms with Crippen molar-refractivity contribution in [1.29, 1.82) is 0 Å². The number of piperidine rings is 1. The molecular weight excluding hydrogens is 308 g/mol. The minimum atomic E-state index is 0.130. The number of urea groups is 1. The van der Waals surface area contributed by atoms with Crippen LogP contribution in [0.1, 0.15) is 62.8 Å². The van der Waals surface area contributed by atoms with Gasteiger partial charge in [0.15, 0.2) is 0 Å². The molecule has 3 heteroatoms. The largest absolute Gasteiger partial charge is 0.333 e. The predicted octanol–water partition coefficient (Wildman–Crippen LogP) is 4.54. The van der Waals surface area contributed by atoms with Gasteiger partial charge in [0.1, 0.15) is 0 Å². The summed E-state index contributed by atoms with van der Waals surface area (Å²) in [6.45, 7) is 1.80. The summed E-state index contributed by atoms with van der Waals surface area (Å²) in [6, 6.07) is 10.9. The van der Waals surface area contributed by atoms with Crippen molar-refractivity contribution < 1.29 is 4.79 Å². The Morgan fingerprint density at radius 2 is 1.64 bits per heavy atom. The third-order valence-electron chi connectivity index (χ3n) is 7.39. The van der Waals surface area contributed by atoms with Gasteiger partial charge in [-0.05, 0) is 74.7 Å². The third-order valence-corrected chi connectivity index (χ3v) is 7.39. The fourth-order valence-electron chi connectivity index (χ4n) is 6.73. The summed E-state index contributed by atoms with van der Waals surface area (Å²) in [4.78, 5) is 15.2. The quantitative estimate of drug-likeness (QED) is 0.843. The molecule has 5 aliphatic rings. The van der Waals surface area contributed by atoms with E-state index in [0.717, 1.165) is 37.3 Å². The zero-order valence-corrected chi connectivity index (χ0v) is 15.1. The second-order valence-corrected chi connectivity index (χ2v) is 9.32. The van der Waals surface area contributed by atoms with Crippen LogP contribution in [0.5, 0.6) is 0 Å². The molecule has 1 aliphatic heterocycles. The molecule has 1 heterocycles. The molecule has 1 atom stereocenters. The van der Waals surface area contributed by atoms with Gasteiger partial charge >= 0.3 is 6.03 Å². The van der Waals surface area contributed by atoms with Crippen LogP contribution in [0.3, 0.4) is 0 Å². The SMILES string of the molecule is O=C(NC12CC3CC(CC(C3)C1)C2)N1CCC[C@@H](c2ccccc2)C1. The number of likely N-dealkylation sites (tertiary alicyclic amines) is 1. The van der Waals surface area contributed by atoms with Crippen molar-refractivity contribution in [2.75, 3.05) is 13.1 Å². The summed E-state index contributed by atoms with van der Waals surface area (Å²) in [6.07, 6.45) is 10.3. The lowest BCUT2D eigenvalue weighted by atomic mass is 9.53. The summed E-state index contributed by atoms with van der Waals surface area (Å²) >= 11 is 0. The molecule has 5 fully saturated rings. The third kappa shape index (κ3) is 2.96. The Kier molecular flexibility index (Phi) is 3.79. The molecule has 0 spiro atoms. The first kappa shape index (κ1) is 15.7. The number of nitrogens with one attached hydrogen (secondary N) is 1. The highest BCUT2D eigenvalue weighted by Gasteiger charge is 2.51. The van der Waals surface area contributed by atoms with Gasteiger partial charge in [-0.3, -0.25) is 0 Å². The van der Waals surface area contributed by atoms with Crippen molar-refractivity contribution >= 4 is 6.03 Å². The fraction of sp³-hybridized carbons (Fsp3) is 0.682. The minimum absolute atomic E-state index is 0.130. The molecule has 25 heavy (non-hydrogen) atoms. The van der Waals surface area contributed by atoms with Crippen LogP contribution in [0.2, 0.25) is 0 Å². The minimum Gasteiger partial charge on any atom is -0.333 e. The van der Waals surface area contributed by atoms with E-state index in [1.165, 1.54) is 50.5 Å². The average molecular weight is 338 g/mol. The number of hydrogen-bond donors (Lipinski definition) is 1. The van der Waals surface area contributed by atoms with Crippen LogP contribution in [-0.2, 0) is 0 Å². The summed E-state index contributed by atoms with van der Waals surface area (Å²) in [5.74, 6) is 3.14. The van der Waals surface area contributed by atoms with E-state index < -0.39 is 0 Å². The number of nitrogens with zero attached hydrogens (tertiary/aromatic N) is 1. The highest BCUT2D eigenvalue weighted by molar-refractivity contribution is 5.75. The van der Waals surface area contributed by atoms with Crippen LogP contribution in [-0.4, -0.2) is 29.6 Å². The van der Waals surface area contributed by atoms with E-state index in [1.54, 1.807) is 0 Å². The number of benzene rings is 1. The summed E-state index contributed by atoms with van der Waals surface area (Å²) in [5.41, 5.74) is 1.51. The van der Waals surface area contributed by atoms with Gasteiger partial charge in [-0.1, -0.05) is 30.3 Å². The second-order valence-electron chi connectivity index (χ2n) is 9.32. The van der Waals surface area contributed by atoms with Crippen molar-refractivity contribution in [3.05, 3.63) is 35.9 Å². The molecule has 1 aromatic carbocycles. The van der Waals surface area contributed by atoms with Gasteiger partial charge in [-0.2, -0.15) is 0 Å². The van der Waals surface area contributed by atoms with Gasteiger partial charge in [-0.25, -0.2) is 4.79 Å². The van der Waals surface area contributed by atoms with E-state index >= 15 is 0 Å². The zero-order valence-electron chi connectivity index (χ0n) is 15.1. The lowest BCUT2D eigenvalue weighted by Gasteiger charge is -2.57. The number of carbonyl (C=O) groups excluding carboxylic acids is 1. The number of hydrogen-bond acceptors (Lipinski definition) is 1. The molecule has 3 nitrogen and oxygen atoms in total. The Morgan fingerprint density at radius 3 is 2.28 bits per heavy atom. The van der Waals surface area contributed by atoms with Crippen molar-refractivity contribution in [2.45, 2.75) is 62.8 Å². The summed E-state index contributed by atoms with van der Waals surface area (Å²) in [7, 11) is 0. The van der Waals surface area contributed by atoms with Crippen molar-refractivity contribution in [3.8, 4) is 0 Å². The van der Waals surface area contributed by atoms with Crippen LogP contribution in [0, 0.1) is 17.8 Å². The van der Waals surface area contributed by atoms with Crippen molar-refractivity contribution in [3.63, 3.8) is 0 Å². The van der Waals surface area contributed by atoms with E-state index in [-0.39, 0.29) is 11.6 Å². The maximum Gasteiger partial charge on any atom is 0.317 e. The van der Waals surface area contributed by atoms with E-state index in [9.17, 15) is 4.79 Å². The fourth-order valence-corrected chi connectivity index (χ4v) is 6.73. The molecule has 134 valence electrons. The standard InChI is InChI=1S/C22H30N2O/c25-21(23-22-12-16-9-17(13-22)11-18(10-16)14-22)24-8-4-7-20(15-24)19-5-2-1-3-6-19/h1-3,5-6,16-18,20H,4,7-15H2,(H,23,25)/t16?,17?,18?,20-,22?/m1/s1. The van der Waals surface area contributed by atoms with Gasteiger partial charge in [0.25, 0.3) is 0 Å². The Hall–Kier alpha value is -1.51. The molecule has 4 saturated carbocycles. The van der Waals surface area contributed by atoms with Crippen LogP contribution in [0.4, 0.5) is 4.79 Å². The molecule has 4 aliphatic carbocycles. The van der Waals surface area contributed by atoms with Gasteiger partial charge in [0.2, 0.25) is 0 Å². The van der Waals surface area contributed by atoms with Crippen LogP contribution in [0.15, 0.2) is 30.3 Å². The van der Waals surface area contributed by atoms with Crippen LogP contribution < -0.4 is 5.32 Å². The molecule has 0 unspecified atom stereocenters. The molecule has 0 aromatic heterocycles. The molecule has 1 saturated heterocycles. The van der Waals surface area contributed by atoms with E-state index in [2.05, 4.69) is 40.5 Å². The molecule has 2 amide bonds. The normalized spacial score (nSPS) is 39.4. The Morgan fingerprint density at radius 1 is 1.00 bits per heavy atom. The lowest BCUT2D eigenvalue weighted by Crippen LogP contribution is -2.62. The number of carbonyl (C=O) groups is 1. The van der Waals surface area contributed by atoms with Crippen LogP contribution >= 0.6 is 0 Å². The first-order valence-electron chi connectivity index (χ1n) is 10.3. The van der Waals surface area contributed by atoms with Gasteiger partial charge in [-0.15, -0.1) is 0 Å².